The Morgan fingerprint density at radius 1 is 1.19 bits per heavy atom. The molecule has 140 valence electrons. The van der Waals surface area contributed by atoms with Crippen LogP contribution in [0.1, 0.15) is 17.7 Å². The van der Waals surface area contributed by atoms with Crippen LogP contribution in [-0.4, -0.2) is 51.7 Å². The molecule has 1 aromatic heterocycles. The highest BCUT2D eigenvalue weighted by atomic mass is 35.5. The first-order chi connectivity index (χ1) is 12.5. The molecule has 0 N–H and O–H groups in total. The van der Waals surface area contributed by atoms with Crippen molar-refractivity contribution in [2.24, 2.45) is 0 Å². The Hall–Kier alpha value is -1.63. The van der Waals surface area contributed by atoms with Crippen molar-refractivity contribution in [3.63, 3.8) is 0 Å². The maximum absolute atomic E-state index is 13.9. The van der Waals surface area contributed by atoms with Crippen molar-refractivity contribution in [3.8, 4) is 0 Å². The van der Waals surface area contributed by atoms with E-state index in [1.54, 1.807) is 23.0 Å². The van der Waals surface area contributed by atoms with Crippen LogP contribution in [0, 0.1) is 12.7 Å². The molecule has 1 saturated heterocycles. The number of aryl methyl sites for hydroxylation is 1. The number of rotatable bonds is 5. The quantitative estimate of drug-likeness (QED) is 0.774. The lowest BCUT2D eigenvalue weighted by Crippen LogP contribution is -2.48. The van der Waals surface area contributed by atoms with Crippen LogP contribution in [0.25, 0.3) is 0 Å². The molecule has 0 aliphatic carbocycles. The van der Waals surface area contributed by atoms with Crippen LogP contribution in [0.5, 0.6) is 0 Å². The predicted octanol–water partition coefficient (Wildman–Crippen LogP) is 3.37. The van der Waals surface area contributed by atoms with E-state index in [1.807, 2.05) is 11.8 Å². The summed E-state index contributed by atoms with van der Waals surface area (Å²) in [7, 11) is 0. The van der Waals surface area contributed by atoms with E-state index in [0.29, 0.717) is 61.3 Å². The molecule has 2 aromatic rings. The lowest BCUT2D eigenvalue weighted by atomic mass is 10.1. The van der Waals surface area contributed by atoms with Crippen LogP contribution in [-0.2, 0) is 17.9 Å². The second kappa shape index (κ2) is 8.37. The summed E-state index contributed by atoms with van der Waals surface area (Å²) in [5.74, 6) is -0.191. The van der Waals surface area contributed by atoms with E-state index in [-0.39, 0.29) is 11.7 Å². The first-order valence-corrected chi connectivity index (χ1v) is 9.32. The molecule has 0 radical (unpaired) electrons. The maximum Gasteiger partial charge on any atom is 0.224 e. The molecule has 3 rings (SSSR count). The van der Waals surface area contributed by atoms with Crippen molar-refractivity contribution in [2.75, 3.05) is 26.2 Å². The zero-order valence-corrected chi connectivity index (χ0v) is 16.1. The summed E-state index contributed by atoms with van der Waals surface area (Å²) in [4.78, 5) is 16.4. The molecule has 0 unspecified atom stereocenters. The molecule has 1 aromatic carbocycles. The van der Waals surface area contributed by atoms with E-state index in [9.17, 15) is 9.18 Å². The maximum atomic E-state index is 13.9. The average Bonchev–Trinajstić information content (AvgIpc) is 2.95. The molecule has 0 spiro atoms. The first kappa shape index (κ1) is 19.1. The number of piperazine rings is 1. The monoisotopic (exact) mass is 398 g/mol. The number of carbonyl (C=O) groups excluding carboxylic acids is 1. The Balaban J connectivity index is 1.48. The van der Waals surface area contributed by atoms with Gasteiger partial charge >= 0.3 is 0 Å². The number of carbonyl (C=O) groups is 1. The van der Waals surface area contributed by atoms with E-state index in [2.05, 4.69) is 10.00 Å². The molecular weight excluding hydrogens is 378 g/mol. The molecule has 26 heavy (non-hydrogen) atoms. The van der Waals surface area contributed by atoms with Crippen LogP contribution in [0.15, 0.2) is 24.4 Å². The summed E-state index contributed by atoms with van der Waals surface area (Å²) in [5.41, 5.74) is 1.38. The van der Waals surface area contributed by atoms with Gasteiger partial charge in [0.05, 0.1) is 23.5 Å². The zero-order chi connectivity index (χ0) is 18.7. The van der Waals surface area contributed by atoms with E-state index in [0.717, 1.165) is 5.69 Å². The average molecular weight is 399 g/mol. The van der Waals surface area contributed by atoms with E-state index in [1.165, 1.54) is 6.07 Å². The number of nitrogens with zero attached hydrogens (tertiary/aromatic N) is 4. The number of amides is 1. The standard InChI is InChI=1S/C18H21Cl2FN4O/c1-13-16(20)11-22-25(13)6-5-18(26)24-9-7-23(8-10-24)12-14-15(19)3-2-4-17(14)21/h2-4,11H,5-10,12H2,1H3. The number of aromatic nitrogens is 2. The van der Waals surface area contributed by atoms with Gasteiger partial charge in [0.15, 0.2) is 0 Å². The highest BCUT2D eigenvalue weighted by molar-refractivity contribution is 6.31. The predicted molar refractivity (Wildman–Crippen MR) is 99.9 cm³/mol. The third-order valence-corrected chi connectivity index (χ3v) is 5.47. The number of halogens is 3. The van der Waals surface area contributed by atoms with Gasteiger partial charge in [0.25, 0.3) is 0 Å². The minimum atomic E-state index is -0.288. The van der Waals surface area contributed by atoms with E-state index >= 15 is 0 Å². The lowest BCUT2D eigenvalue weighted by molar-refractivity contribution is -0.133. The minimum Gasteiger partial charge on any atom is -0.340 e. The fourth-order valence-corrected chi connectivity index (χ4v) is 3.44. The van der Waals surface area contributed by atoms with Crippen molar-refractivity contribution in [1.82, 2.24) is 19.6 Å². The van der Waals surface area contributed by atoms with E-state index in [4.69, 9.17) is 23.2 Å². The molecule has 1 aliphatic rings. The van der Waals surface area contributed by atoms with Gasteiger partial charge in [-0.05, 0) is 19.1 Å². The van der Waals surface area contributed by atoms with Crippen LogP contribution in [0.3, 0.4) is 0 Å². The van der Waals surface area contributed by atoms with E-state index < -0.39 is 0 Å². The molecule has 0 atom stereocenters. The second-order valence-corrected chi connectivity index (χ2v) is 7.22. The van der Waals surface area contributed by atoms with Crippen LogP contribution in [0.4, 0.5) is 4.39 Å². The summed E-state index contributed by atoms with van der Waals surface area (Å²) in [6, 6.07) is 4.72. The molecular formula is C18H21Cl2FN4O. The van der Waals surface area contributed by atoms with Crippen LogP contribution < -0.4 is 0 Å². The molecule has 1 amide bonds. The highest BCUT2D eigenvalue weighted by Gasteiger charge is 2.22. The van der Waals surface area contributed by atoms with Gasteiger partial charge in [0.1, 0.15) is 5.82 Å². The Bertz CT molecular complexity index is 767. The third-order valence-electron chi connectivity index (χ3n) is 4.75. The minimum absolute atomic E-state index is 0.0968. The van der Waals surface area contributed by atoms with Gasteiger partial charge in [-0.25, -0.2) is 4.39 Å². The first-order valence-electron chi connectivity index (χ1n) is 8.56. The molecule has 0 bridgehead atoms. The Morgan fingerprint density at radius 2 is 1.92 bits per heavy atom. The molecule has 1 aliphatic heterocycles. The summed E-state index contributed by atoms with van der Waals surface area (Å²) < 4.78 is 15.7. The SMILES string of the molecule is Cc1c(Cl)cnn1CCC(=O)N1CCN(Cc2c(F)cccc2Cl)CC1. The normalized spacial score (nSPS) is 15.5. The Morgan fingerprint density at radius 3 is 2.54 bits per heavy atom. The van der Waals surface area contributed by atoms with Crippen molar-refractivity contribution < 1.29 is 9.18 Å². The largest absolute Gasteiger partial charge is 0.340 e. The highest BCUT2D eigenvalue weighted by Crippen LogP contribution is 2.21. The molecule has 2 heterocycles. The van der Waals surface area contributed by atoms with Crippen molar-refractivity contribution in [1.29, 1.82) is 0 Å². The van der Waals surface area contributed by atoms with Gasteiger partial charge in [0.2, 0.25) is 5.91 Å². The molecule has 0 saturated carbocycles. The molecule has 8 heteroatoms. The number of hydrogen-bond acceptors (Lipinski definition) is 3. The third kappa shape index (κ3) is 4.37. The Kier molecular flexibility index (Phi) is 6.16. The fraction of sp³-hybridized carbons (Fsp3) is 0.444. The second-order valence-electron chi connectivity index (χ2n) is 6.41. The van der Waals surface area contributed by atoms with Crippen molar-refractivity contribution in [3.05, 3.63) is 51.5 Å². The Labute approximate surface area is 162 Å². The van der Waals surface area contributed by atoms with Gasteiger partial charge in [-0.3, -0.25) is 14.4 Å². The van der Waals surface area contributed by atoms with Gasteiger partial charge < -0.3 is 4.90 Å². The van der Waals surface area contributed by atoms with Gasteiger partial charge in [-0.1, -0.05) is 29.3 Å². The topological polar surface area (TPSA) is 41.4 Å². The molecule has 5 nitrogen and oxygen atoms in total. The van der Waals surface area contributed by atoms with Gasteiger partial charge in [-0.15, -0.1) is 0 Å². The zero-order valence-electron chi connectivity index (χ0n) is 14.6. The van der Waals surface area contributed by atoms with Crippen molar-refractivity contribution >= 4 is 29.1 Å². The number of benzene rings is 1. The summed E-state index contributed by atoms with van der Waals surface area (Å²) in [6.45, 7) is 5.51. The smallest absolute Gasteiger partial charge is 0.224 e. The lowest BCUT2D eigenvalue weighted by Gasteiger charge is -2.35. The molecule has 1 fully saturated rings. The summed E-state index contributed by atoms with van der Waals surface area (Å²) in [6.07, 6.45) is 1.98. The number of hydrogen-bond donors (Lipinski definition) is 0. The van der Waals surface area contributed by atoms with Gasteiger partial charge in [-0.2, -0.15) is 5.10 Å². The van der Waals surface area contributed by atoms with Crippen LogP contribution in [0.2, 0.25) is 10.0 Å². The summed E-state index contributed by atoms with van der Waals surface area (Å²) in [5, 5.41) is 5.22. The van der Waals surface area contributed by atoms with Crippen molar-refractivity contribution in [2.45, 2.75) is 26.4 Å². The fourth-order valence-electron chi connectivity index (χ4n) is 3.07. The van der Waals surface area contributed by atoms with Gasteiger partial charge in [0, 0.05) is 49.7 Å². The summed E-state index contributed by atoms with van der Waals surface area (Å²) >= 11 is 12.1. The van der Waals surface area contributed by atoms with Crippen LogP contribution >= 0.6 is 23.2 Å².